The van der Waals surface area contributed by atoms with Gasteiger partial charge in [-0.2, -0.15) is 0 Å². The number of ether oxygens (including phenoxy) is 1. The van der Waals surface area contributed by atoms with Crippen molar-refractivity contribution in [3.8, 4) is 11.5 Å². The number of rotatable bonds is 5. The van der Waals surface area contributed by atoms with Crippen LogP contribution in [0.15, 0.2) is 67.0 Å². The van der Waals surface area contributed by atoms with E-state index in [1.54, 1.807) is 6.20 Å². The van der Waals surface area contributed by atoms with Gasteiger partial charge >= 0.3 is 0 Å². The van der Waals surface area contributed by atoms with Crippen LogP contribution in [0.4, 0.5) is 5.82 Å². The van der Waals surface area contributed by atoms with Gasteiger partial charge in [0.2, 0.25) is 0 Å². The highest BCUT2D eigenvalue weighted by Gasteiger charge is 2.25. The molecule has 1 saturated heterocycles. The van der Waals surface area contributed by atoms with Gasteiger partial charge < -0.3 is 15.4 Å². The lowest BCUT2D eigenvalue weighted by atomic mass is 9.98. The first-order valence-electron chi connectivity index (χ1n) is 8.89. The van der Waals surface area contributed by atoms with Crippen LogP contribution < -0.4 is 15.4 Å². The monoisotopic (exact) mass is 360 g/mol. The fourth-order valence-electron chi connectivity index (χ4n) is 3.32. The molecular formula is C21H20N4O2. The third kappa shape index (κ3) is 3.89. The molecule has 4 rings (SSSR count). The van der Waals surface area contributed by atoms with Crippen molar-refractivity contribution in [3.05, 3.63) is 78.2 Å². The molecule has 0 radical (unpaired) electrons. The molecule has 136 valence electrons. The van der Waals surface area contributed by atoms with Gasteiger partial charge in [-0.1, -0.05) is 30.3 Å². The van der Waals surface area contributed by atoms with Gasteiger partial charge in [0.1, 0.15) is 23.0 Å². The van der Waals surface area contributed by atoms with Gasteiger partial charge in [0.25, 0.3) is 5.91 Å². The molecule has 1 aliphatic rings. The van der Waals surface area contributed by atoms with E-state index in [0.717, 1.165) is 31.0 Å². The van der Waals surface area contributed by atoms with Gasteiger partial charge in [0.05, 0.1) is 12.4 Å². The van der Waals surface area contributed by atoms with Gasteiger partial charge in [-0.25, -0.2) is 4.98 Å². The minimum absolute atomic E-state index is 0.189. The molecule has 0 saturated carbocycles. The standard InChI is InChI=1S/C21H20N4O2/c22-21(26)19-12-23-13-20(24-19)25-10-9-16(14-25)15-5-4-8-18(11-15)27-17-6-2-1-3-7-17/h1-8,11-13,16H,9-10,14H2,(H2,22,26). The molecule has 1 aliphatic heterocycles. The van der Waals surface area contributed by atoms with Crippen molar-refractivity contribution in [2.75, 3.05) is 18.0 Å². The van der Waals surface area contributed by atoms with Crippen LogP contribution in [0.3, 0.4) is 0 Å². The van der Waals surface area contributed by atoms with Crippen molar-refractivity contribution in [1.82, 2.24) is 9.97 Å². The molecule has 1 atom stereocenters. The van der Waals surface area contributed by atoms with Gasteiger partial charge in [0.15, 0.2) is 0 Å². The molecule has 0 aliphatic carbocycles. The van der Waals surface area contributed by atoms with Crippen molar-refractivity contribution in [2.24, 2.45) is 5.73 Å². The highest BCUT2D eigenvalue weighted by atomic mass is 16.5. The zero-order valence-corrected chi connectivity index (χ0v) is 14.8. The molecule has 1 amide bonds. The van der Waals surface area contributed by atoms with Gasteiger partial charge in [0, 0.05) is 19.0 Å². The summed E-state index contributed by atoms with van der Waals surface area (Å²) in [5.74, 6) is 2.13. The Bertz CT molecular complexity index is 946. The number of carbonyl (C=O) groups excluding carboxylic acids is 1. The maximum atomic E-state index is 11.3. The van der Waals surface area contributed by atoms with Crippen molar-refractivity contribution in [2.45, 2.75) is 12.3 Å². The zero-order valence-electron chi connectivity index (χ0n) is 14.8. The lowest BCUT2D eigenvalue weighted by molar-refractivity contribution is 0.0995. The van der Waals surface area contributed by atoms with Crippen LogP contribution in [0, 0.1) is 0 Å². The number of hydrogen-bond acceptors (Lipinski definition) is 5. The van der Waals surface area contributed by atoms with E-state index in [-0.39, 0.29) is 5.69 Å². The number of nitrogens with zero attached hydrogens (tertiary/aromatic N) is 3. The first-order chi connectivity index (χ1) is 13.2. The molecule has 2 heterocycles. The normalized spacial score (nSPS) is 16.3. The SMILES string of the molecule is NC(=O)c1cncc(N2CCC(c3cccc(Oc4ccccc4)c3)C2)n1. The van der Waals surface area contributed by atoms with Crippen LogP contribution in [-0.2, 0) is 0 Å². The number of aromatic nitrogens is 2. The Balaban J connectivity index is 1.48. The summed E-state index contributed by atoms with van der Waals surface area (Å²) in [6, 6.07) is 17.9. The Kier molecular flexibility index (Phi) is 4.70. The Morgan fingerprint density at radius 1 is 1.07 bits per heavy atom. The molecule has 27 heavy (non-hydrogen) atoms. The minimum atomic E-state index is -0.564. The average Bonchev–Trinajstić information content (AvgIpc) is 3.19. The predicted octanol–water partition coefficient (Wildman–Crippen LogP) is 3.36. The molecule has 6 heteroatoms. The molecule has 1 aromatic heterocycles. The largest absolute Gasteiger partial charge is 0.457 e. The Labute approximate surface area is 157 Å². The summed E-state index contributed by atoms with van der Waals surface area (Å²) in [5, 5.41) is 0. The predicted molar refractivity (Wildman–Crippen MR) is 103 cm³/mol. The number of primary amides is 1. The highest BCUT2D eigenvalue weighted by molar-refractivity contribution is 5.90. The summed E-state index contributed by atoms with van der Waals surface area (Å²) in [6.07, 6.45) is 4.06. The number of benzene rings is 2. The van der Waals surface area contributed by atoms with Crippen molar-refractivity contribution in [1.29, 1.82) is 0 Å². The first-order valence-corrected chi connectivity index (χ1v) is 8.89. The van der Waals surface area contributed by atoms with Crippen LogP contribution in [0.1, 0.15) is 28.4 Å². The number of hydrogen-bond donors (Lipinski definition) is 1. The quantitative estimate of drug-likeness (QED) is 0.754. The zero-order chi connectivity index (χ0) is 18.6. The maximum Gasteiger partial charge on any atom is 0.268 e. The van der Waals surface area contributed by atoms with E-state index in [9.17, 15) is 4.79 Å². The highest BCUT2D eigenvalue weighted by Crippen LogP contribution is 2.32. The summed E-state index contributed by atoms with van der Waals surface area (Å²) >= 11 is 0. The molecule has 0 spiro atoms. The van der Waals surface area contributed by atoms with Gasteiger partial charge in [-0.15, -0.1) is 0 Å². The molecule has 6 nitrogen and oxygen atoms in total. The molecule has 2 N–H and O–H groups in total. The summed E-state index contributed by atoms with van der Waals surface area (Å²) < 4.78 is 5.94. The minimum Gasteiger partial charge on any atom is -0.457 e. The molecule has 0 bridgehead atoms. The fourth-order valence-corrected chi connectivity index (χ4v) is 3.32. The van der Waals surface area contributed by atoms with Crippen LogP contribution >= 0.6 is 0 Å². The van der Waals surface area contributed by atoms with Crippen LogP contribution in [-0.4, -0.2) is 29.0 Å². The number of amides is 1. The molecule has 1 unspecified atom stereocenters. The summed E-state index contributed by atoms with van der Waals surface area (Å²) in [5.41, 5.74) is 6.72. The second kappa shape index (κ2) is 7.45. The summed E-state index contributed by atoms with van der Waals surface area (Å²) in [7, 11) is 0. The number of carbonyl (C=O) groups is 1. The first kappa shape index (κ1) is 17.0. The Morgan fingerprint density at radius 2 is 1.89 bits per heavy atom. The number of anilines is 1. The van der Waals surface area contributed by atoms with E-state index in [1.807, 2.05) is 42.5 Å². The van der Waals surface area contributed by atoms with E-state index in [2.05, 4.69) is 27.0 Å². The Morgan fingerprint density at radius 3 is 2.70 bits per heavy atom. The molecule has 1 fully saturated rings. The smallest absolute Gasteiger partial charge is 0.268 e. The van der Waals surface area contributed by atoms with Crippen molar-refractivity contribution < 1.29 is 9.53 Å². The molecular weight excluding hydrogens is 340 g/mol. The van der Waals surface area contributed by atoms with E-state index in [0.29, 0.717) is 11.7 Å². The third-order valence-corrected chi connectivity index (χ3v) is 4.69. The number of nitrogens with two attached hydrogens (primary N) is 1. The topological polar surface area (TPSA) is 81.3 Å². The van der Waals surface area contributed by atoms with E-state index in [4.69, 9.17) is 10.5 Å². The van der Waals surface area contributed by atoms with E-state index >= 15 is 0 Å². The third-order valence-electron chi connectivity index (χ3n) is 4.69. The molecule has 3 aromatic rings. The molecule has 2 aromatic carbocycles. The van der Waals surface area contributed by atoms with Crippen LogP contribution in [0.25, 0.3) is 0 Å². The van der Waals surface area contributed by atoms with Crippen LogP contribution in [0.2, 0.25) is 0 Å². The van der Waals surface area contributed by atoms with Gasteiger partial charge in [-0.05, 0) is 36.2 Å². The summed E-state index contributed by atoms with van der Waals surface area (Å²) in [4.78, 5) is 21.9. The lowest BCUT2D eigenvalue weighted by Crippen LogP contribution is -2.22. The average molecular weight is 360 g/mol. The number of para-hydroxylation sites is 1. The maximum absolute atomic E-state index is 11.3. The van der Waals surface area contributed by atoms with Crippen molar-refractivity contribution >= 4 is 11.7 Å². The Hall–Kier alpha value is -3.41. The van der Waals surface area contributed by atoms with Gasteiger partial charge in [-0.3, -0.25) is 9.78 Å². The second-order valence-electron chi connectivity index (χ2n) is 6.55. The lowest BCUT2D eigenvalue weighted by Gasteiger charge is -2.18. The van der Waals surface area contributed by atoms with E-state index in [1.165, 1.54) is 11.8 Å². The van der Waals surface area contributed by atoms with E-state index < -0.39 is 5.91 Å². The second-order valence-corrected chi connectivity index (χ2v) is 6.55. The van der Waals surface area contributed by atoms with Crippen LogP contribution in [0.5, 0.6) is 11.5 Å². The fraction of sp³-hybridized carbons (Fsp3) is 0.190. The summed E-state index contributed by atoms with van der Waals surface area (Å²) in [6.45, 7) is 1.66. The van der Waals surface area contributed by atoms with Crippen molar-refractivity contribution in [3.63, 3.8) is 0 Å².